The van der Waals surface area contributed by atoms with Crippen molar-refractivity contribution in [3.8, 4) is 0 Å². The molecule has 0 spiro atoms. The quantitative estimate of drug-likeness (QED) is 0.727. The van der Waals surface area contributed by atoms with E-state index in [0.29, 0.717) is 11.6 Å². The van der Waals surface area contributed by atoms with Gasteiger partial charge in [-0.15, -0.1) is 0 Å². The van der Waals surface area contributed by atoms with Crippen molar-refractivity contribution in [1.82, 2.24) is 10.5 Å². The van der Waals surface area contributed by atoms with Crippen molar-refractivity contribution in [2.45, 2.75) is 18.6 Å². The minimum atomic E-state index is -0.546. The molecule has 0 radical (unpaired) electrons. The summed E-state index contributed by atoms with van der Waals surface area (Å²) in [5.41, 5.74) is 0. The van der Waals surface area contributed by atoms with Crippen LogP contribution < -0.4 is 10.6 Å². The second kappa shape index (κ2) is 4.58. The summed E-state index contributed by atoms with van der Waals surface area (Å²) in [4.78, 5) is 22.9. The normalized spacial score (nSPS) is 19.2. The highest BCUT2D eigenvalue weighted by atomic mass is 32.2. The maximum absolute atomic E-state index is 11.6. The highest BCUT2D eigenvalue weighted by Crippen LogP contribution is 2.21. The molecule has 7 nitrogen and oxygen atoms in total. The van der Waals surface area contributed by atoms with E-state index in [4.69, 9.17) is 9.93 Å². The van der Waals surface area contributed by atoms with Crippen LogP contribution >= 0.6 is 11.8 Å². The van der Waals surface area contributed by atoms with Crippen LogP contribution in [0.25, 0.3) is 0 Å². The van der Waals surface area contributed by atoms with Gasteiger partial charge in [-0.1, -0.05) is 16.9 Å². The van der Waals surface area contributed by atoms with Crippen LogP contribution in [0.1, 0.15) is 12.2 Å². The summed E-state index contributed by atoms with van der Waals surface area (Å²) in [6, 6.07) is 1.59. The van der Waals surface area contributed by atoms with Gasteiger partial charge in [-0.2, -0.15) is 0 Å². The zero-order valence-electron chi connectivity index (χ0n) is 8.94. The van der Waals surface area contributed by atoms with Gasteiger partial charge in [0, 0.05) is 12.5 Å². The monoisotopic (exact) mass is 254 g/mol. The summed E-state index contributed by atoms with van der Waals surface area (Å²) in [5.74, 6) is 0.271. The maximum atomic E-state index is 11.6. The predicted molar refractivity (Wildman–Crippen MR) is 61.7 cm³/mol. The van der Waals surface area contributed by atoms with Crippen LogP contribution in [0, 0.1) is 12.3 Å². The molecule has 1 aromatic heterocycles. The Labute approximate surface area is 101 Å². The lowest BCUT2D eigenvalue weighted by Crippen LogP contribution is -2.27. The molecular formula is C9H10N4O3S. The number of nitrogens with zero attached hydrogens (tertiary/aromatic N) is 1. The molecular weight excluding hydrogens is 244 g/mol. The summed E-state index contributed by atoms with van der Waals surface area (Å²) in [7, 11) is 0. The van der Waals surface area contributed by atoms with Crippen LogP contribution in [0.5, 0.6) is 0 Å². The van der Waals surface area contributed by atoms with Crippen LogP contribution in [0.15, 0.2) is 10.6 Å². The third-order valence-electron chi connectivity index (χ3n) is 2.06. The number of aryl methyl sites for hydroxylation is 1. The second-order valence-corrected chi connectivity index (χ2v) is 4.71. The number of hydrogen-bond donors (Lipinski definition) is 3. The van der Waals surface area contributed by atoms with E-state index >= 15 is 0 Å². The van der Waals surface area contributed by atoms with Crippen molar-refractivity contribution < 1.29 is 14.1 Å². The highest BCUT2D eigenvalue weighted by Gasteiger charge is 2.31. The molecule has 0 aliphatic carbocycles. The Morgan fingerprint density at radius 3 is 3.06 bits per heavy atom. The summed E-state index contributed by atoms with van der Waals surface area (Å²) < 4.78 is 4.79. The molecule has 0 saturated carbocycles. The first-order chi connectivity index (χ1) is 8.04. The van der Waals surface area contributed by atoms with Crippen LogP contribution in [0.3, 0.4) is 0 Å². The van der Waals surface area contributed by atoms with E-state index in [0.717, 1.165) is 11.8 Å². The van der Waals surface area contributed by atoms with Gasteiger partial charge in [-0.3, -0.25) is 15.0 Å². The first-order valence-electron chi connectivity index (χ1n) is 4.84. The third kappa shape index (κ3) is 2.84. The molecule has 2 rings (SSSR count). The molecule has 1 saturated heterocycles. The fourth-order valence-electron chi connectivity index (χ4n) is 1.34. The molecule has 90 valence electrons. The zero-order valence-corrected chi connectivity index (χ0v) is 9.76. The summed E-state index contributed by atoms with van der Waals surface area (Å²) in [6.45, 7) is 1.71. The number of amidine groups is 1. The molecule has 3 N–H and O–H groups in total. The number of rotatable bonds is 3. The Hall–Kier alpha value is -1.83. The molecule has 8 heteroatoms. The number of hydrogen-bond acceptors (Lipinski definition) is 6. The number of amides is 2. The van der Waals surface area contributed by atoms with E-state index in [2.05, 4.69) is 15.8 Å². The summed E-state index contributed by atoms with van der Waals surface area (Å²) >= 11 is 1.04. The molecule has 17 heavy (non-hydrogen) atoms. The van der Waals surface area contributed by atoms with Crippen LogP contribution in [0.2, 0.25) is 0 Å². The van der Waals surface area contributed by atoms with Gasteiger partial charge >= 0.3 is 0 Å². The van der Waals surface area contributed by atoms with E-state index in [1.165, 1.54) is 0 Å². The summed E-state index contributed by atoms with van der Waals surface area (Å²) in [5, 5.41) is 15.2. The van der Waals surface area contributed by atoms with Crippen LogP contribution in [-0.4, -0.2) is 27.4 Å². The lowest BCUT2D eigenvalue weighted by molar-refractivity contribution is -0.122. The maximum Gasteiger partial charge on any atom is 0.240 e. The van der Waals surface area contributed by atoms with Gasteiger partial charge in [-0.05, 0) is 6.92 Å². The minimum Gasteiger partial charge on any atom is -0.360 e. The minimum absolute atomic E-state index is 0.00475. The van der Waals surface area contributed by atoms with Crippen LogP contribution in [-0.2, 0) is 9.59 Å². The van der Waals surface area contributed by atoms with Crippen molar-refractivity contribution in [1.29, 1.82) is 5.41 Å². The fraction of sp³-hybridized carbons (Fsp3) is 0.333. The summed E-state index contributed by atoms with van der Waals surface area (Å²) in [6.07, 6.45) is 0.00475. The van der Waals surface area contributed by atoms with Crippen molar-refractivity contribution in [3.63, 3.8) is 0 Å². The number of nitrogens with one attached hydrogen (secondary N) is 3. The van der Waals surface area contributed by atoms with Crippen LogP contribution in [0.4, 0.5) is 5.82 Å². The van der Waals surface area contributed by atoms with Gasteiger partial charge in [-0.25, -0.2) is 0 Å². The Morgan fingerprint density at radius 1 is 1.76 bits per heavy atom. The molecule has 1 fully saturated rings. The molecule has 1 aliphatic heterocycles. The Kier molecular flexibility index (Phi) is 3.14. The zero-order chi connectivity index (χ0) is 12.4. The number of thioether (sulfide) groups is 1. The Morgan fingerprint density at radius 2 is 2.53 bits per heavy atom. The molecule has 1 unspecified atom stereocenters. The number of carbonyl (C=O) groups excluding carboxylic acids is 2. The molecule has 0 bridgehead atoms. The average molecular weight is 254 g/mol. The predicted octanol–water partition coefficient (Wildman–Crippen LogP) is 0.478. The van der Waals surface area contributed by atoms with Crippen molar-refractivity contribution in [2.75, 3.05) is 5.32 Å². The first-order valence-corrected chi connectivity index (χ1v) is 5.72. The lowest BCUT2D eigenvalue weighted by atomic mass is 10.2. The molecule has 1 aliphatic rings. The van der Waals surface area contributed by atoms with Gasteiger partial charge < -0.3 is 15.2 Å². The van der Waals surface area contributed by atoms with Gasteiger partial charge in [0.1, 0.15) is 11.0 Å². The topological polar surface area (TPSA) is 108 Å². The average Bonchev–Trinajstić information content (AvgIpc) is 2.74. The fourth-order valence-corrected chi connectivity index (χ4v) is 2.18. The molecule has 1 atom stereocenters. The van der Waals surface area contributed by atoms with Crippen molar-refractivity contribution >= 4 is 34.6 Å². The van der Waals surface area contributed by atoms with Gasteiger partial charge in [0.2, 0.25) is 11.8 Å². The van der Waals surface area contributed by atoms with E-state index in [1.807, 2.05) is 0 Å². The van der Waals surface area contributed by atoms with E-state index in [9.17, 15) is 9.59 Å². The smallest absolute Gasteiger partial charge is 0.240 e. The molecule has 1 aromatic rings. The van der Waals surface area contributed by atoms with Gasteiger partial charge in [0.15, 0.2) is 11.0 Å². The Balaban J connectivity index is 1.89. The highest BCUT2D eigenvalue weighted by molar-refractivity contribution is 8.15. The number of aromatic nitrogens is 1. The molecule has 2 amide bonds. The standard InChI is InChI=1S/C9H10N4O3S/c1-4-2-6(13-16-4)11-7(14)3-5-8(15)12-9(10)17-5/h2,5H,3H2,1H3,(H2,10,12,15)(H,11,13,14). The van der Waals surface area contributed by atoms with Gasteiger partial charge in [0.05, 0.1) is 0 Å². The van der Waals surface area contributed by atoms with Crippen molar-refractivity contribution in [3.05, 3.63) is 11.8 Å². The van der Waals surface area contributed by atoms with E-state index in [-0.39, 0.29) is 23.4 Å². The van der Waals surface area contributed by atoms with Gasteiger partial charge in [0.25, 0.3) is 0 Å². The number of carbonyl (C=O) groups is 2. The van der Waals surface area contributed by atoms with E-state index < -0.39 is 5.25 Å². The second-order valence-electron chi connectivity index (χ2n) is 3.50. The van der Waals surface area contributed by atoms with Crippen molar-refractivity contribution in [2.24, 2.45) is 0 Å². The number of anilines is 1. The molecule has 0 aromatic carbocycles. The first kappa shape index (κ1) is 11.6. The SMILES string of the molecule is Cc1cc(NC(=O)CC2SC(=N)NC2=O)no1. The van der Waals surface area contributed by atoms with E-state index in [1.54, 1.807) is 13.0 Å². The Bertz CT molecular complexity index is 484. The molecule has 2 heterocycles. The lowest BCUT2D eigenvalue weighted by Gasteiger charge is -2.04. The third-order valence-corrected chi connectivity index (χ3v) is 3.06. The largest absolute Gasteiger partial charge is 0.360 e.